The van der Waals surface area contributed by atoms with Gasteiger partial charge in [0.25, 0.3) is 0 Å². The van der Waals surface area contributed by atoms with E-state index in [9.17, 15) is 4.79 Å². The first-order chi connectivity index (χ1) is 10.1. The van der Waals surface area contributed by atoms with Crippen LogP contribution >= 0.6 is 31.9 Å². The maximum absolute atomic E-state index is 12.3. The summed E-state index contributed by atoms with van der Waals surface area (Å²) in [5, 5.41) is 13.5. The first-order valence-electron chi connectivity index (χ1n) is 6.97. The molecular weight excluding hydrogens is 416 g/mol. The zero-order chi connectivity index (χ0) is 16.7. The molecule has 2 rings (SSSR count). The van der Waals surface area contributed by atoms with E-state index in [-0.39, 0.29) is 18.2 Å². The average Bonchev–Trinajstić information content (AvgIpc) is 2.88. The topological polar surface area (TPSA) is 71.2 Å². The number of likely N-dealkylation sites (tertiary alicyclic amines) is 1. The third-order valence-corrected chi connectivity index (χ3v) is 4.76. The fourth-order valence-electron chi connectivity index (χ4n) is 2.48. The summed E-state index contributed by atoms with van der Waals surface area (Å²) in [7, 11) is 0. The fraction of sp³-hybridized carbons (Fsp3) is 0.643. The molecule has 2 atom stereocenters. The van der Waals surface area contributed by atoms with Crippen molar-refractivity contribution in [1.29, 1.82) is 5.26 Å². The Morgan fingerprint density at radius 3 is 2.59 bits per heavy atom. The highest BCUT2D eigenvalue weighted by Crippen LogP contribution is 2.33. The molecule has 0 N–H and O–H groups in total. The maximum Gasteiger partial charge on any atom is 0.410 e. The largest absolute Gasteiger partial charge is 0.444 e. The number of hydrogen-bond donors (Lipinski definition) is 0. The third-order valence-electron chi connectivity index (χ3n) is 3.45. The summed E-state index contributed by atoms with van der Waals surface area (Å²) in [5.74, 6) is 0. The second-order valence-corrected chi connectivity index (χ2v) is 7.89. The van der Waals surface area contributed by atoms with E-state index in [1.807, 2.05) is 27.7 Å². The molecule has 0 unspecified atom stereocenters. The summed E-state index contributed by atoms with van der Waals surface area (Å²) in [4.78, 5) is 14.0. The molecule has 1 aromatic heterocycles. The minimum absolute atomic E-state index is 0.00953. The minimum atomic E-state index is -0.516. The second kappa shape index (κ2) is 6.20. The van der Waals surface area contributed by atoms with Crippen molar-refractivity contribution in [2.24, 2.45) is 0 Å². The van der Waals surface area contributed by atoms with Crippen LogP contribution in [0, 0.1) is 11.3 Å². The lowest BCUT2D eigenvalue weighted by molar-refractivity contribution is 0.0234. The second-order valence-electron chi connectivity index (χ2n) is 6.38. The SMILES string of the molecule is C[C@@H]1C[C@H](n2nc(Br)c(C#N)c2Br)CN1C(=O)OC(C)(C)C. The van der Waals surface area contributed by atoms with E-state index >= 15 is 0 Å². The number of nitrogens with zero attached hydrogens (tertiary/aromatic N) is 4. The van der Waals surface area contributed by atoms with E-state index in [0.29, 0.717) is 21.3 Å². The molecule has 0 radical (unpaired) electrons. The number of nitriles is 1. The van der Waals surface area contributed by atoms with E-state index in [4.69, 9.17) is 10.00 Å². The summed E-state index contributed by atoms with van der Waals surface area (Å²) >= 11 is 6.70. The molecule has 1 aliphatic rings. The van der Waals surface area contributed by atoms with Gasteiger partial charge < -0.3 is 9.64 Å². The van der Waals surface area contributed by atoms with E-state index in [1.165, 1.54) is 0 Å². The molecule has 1 amide bonds. The lowest BCUT2D eigenvalue weighted by Gasteiger charge is -2.26. The Morgan fingerprint density at radius 1 is 1.45 bits per heavy atom. The number of carbonyl (C=O) groups excluding carboxylic acids is 1. The van der Waals surface area contributed by atoms with Gasteiger partial charge >= 0.3 is 6.09 Å². The van der Waals surface area contributed by atoms with Gasteiger partial charge in [-0.1, -0.05) is 0 Å². The van der Waals surface area contributed by atoms with Crippen molar-refractivity contribution in [2.45, 2.75) is 51.8 Å². The molecule has 1 aromatic rings. The normalized spacial score (nSPS) is 21.8. The van der Waals surface area contributed by atoms with Crippen LogP contribution in [0.25, 0.3) is 0 Å². The minimum Gasteiger partial charge on any atom is -0.444 e. The van der Waals surface area contributed by atoms with Crippen LogP contribution in [0.1, 0.15) is 45.7 Å². The Balaban J connectivity index is 2.18. The Labute approximate surface area is 146 Å². The average molecular weight is 434 g/mol. The summed E-state index contributed by atoms with van der Waals surface area (Å²) < 4.78 is 8.33. The van der Waals surface area contributed by atoms with Crippen molar-refractivity contribution < 1.29 is 9.53 Å². The van der Waals surface area contributed by atoms with Crippen molar-refractivity contribution >= 4 is 38.0 Å². The van der Waals surface area contributed by atoms with Crippen molar-refractivity contribution in [3.63, 3.8) is 0 Å². The van der Waals surface area contributed by atoms with Gasteiger partial charge in [0.15, 0.2) is 0 Å². The van der Waals surface area contributed by atoms with Crippen LogP contribution in [0.5, 0.6) is 0 Å². The van der Waals surface area contributed by atoms with Gasteiger partial charge in [-0.3, -0.25) is 4.68 Å². The molecule has 0 aliphatic carbocycles. The number of hydrogen-bond acceptors (Lipinski definition) is 4. The van der Waals surface area contributed by atoms with Crippen LogP contribution in [-0.4, -0.2) is 39.0 Å². The third kappa shape index (κ3) is 3.46. The van der Waals surface area contributed by atoms with E-state index < -0.39 is 5.60 Å². The molecule has 8 heteroatoms. The first-order valence-corrected chi connectivity index (χ1v) is 8.56. The quantitative estimate of drug-likeness (QED) is 0.674. The van der Waals surface area contributed by atoms with Gasteiger partial charge in [-0.25, -0.2) is 4.79 Å². The van der Waals surface area contributed by atoms with Gasteiger partial charge in [0.1, 0.15) is 26.4 Å². The molecule has 0 spiro atoms. The molecule has 1 saturated heterocycles. The molecular formula is C14H18Br2N4O2. The van der Waals surface area contributed by atoms with Crippen LogP contribution in [0.4, 0.5) is 4.79 Å². The van der Waals surface area contributed by atoms with E-state index in [2.05, 4.69) is 43.0 Å². The zero-order valence-electron chi connectivity index (χ0n) is 12.9. The van der Waals surface area contributed by atoms with Crippen LogP contribution in [0.3, 0.4) is 0 Å². The Hall–Kier alpha value is -1.07. The van der Waals surface area contributed by atoms with Gasteiger partial charge in [0.05, 0.1) is 6.04 Å². The summed E-state index contributed by atoms with van der Waals surface area (Å²) in [6.45, 7) is 8.05. The molecule has 0 saturated carbocycles. The smallest absolute Gasteiger partial charge is 0.410 e. The molecule has 6 nitrogen and oxygen atoms in total. The molecule has 22 heavy (non-hydrogen) atoms. The molecule has 2 heterocycles. The molecule has 120 valence electrons. The van der Waals surface area contributed by atoms with Crippen LogP contribution in [-0.2, 0) is 4.74 Å². The number of rotatable bonds is 1. The number of halogens is 2. The van der Waals surface area contributed by atoms with Gasteiger partial charge in [-0.2, -0.15) is 10.4 Å². The highest BCUT2D eigenvalue weighted by molar-refractivity contribution is 9.11. The Kier molecular flexibility index (Phi) is 4.87. The van der Waals surface area contributed by atoms with Gasteiger partial charge in [0.2, 0.25) is 0 Å². The number of amides is 1. The molecule has 0 aromatic carbocycles. The first kappa shape index (κ1) is 17.3. The van der Waals surface area contributed by atoms with E-state index in [0.717, 1.165) is 6.42 Å². The highest BCUT2D eigenvalue weighted by Gasteiger charge is 2.37. The predicted molar refractivity (Wildman–Crippen MR) is 88.4 cm³/mol. The molecule has 1 aliphatic heterocycles. The number of carbonyl (C=O) groups is 1. The molecule has 1 fully saturated rings. The van der Waals surface area contributed by atoms with Crippen LogP contribution < -0.4 is 0 Å². The van der Waals surface area contributed by atoms with Crippen molar-refractivity contribution in [1.82, 2.24) is 14.7 Å². The van der Waals surface area contributed by atoms with Crippen molar-refractivity contribution in [3.05, 3.63) is 14.8 Å². The number of ether oxygens (including phenoxy) is 1. The van der Waals surface area contributed by atoms with Gasteiger partial charge in [-0.15, -0.1) is 0 Å². The van der Waals surface area contributed by atoms with Gasteiger partial charge in [-0.05, 0) is 66.0 Å². The zero-order valence-corrected chi connectivity index (χ0v) is 16.1. The lowest BCUT2D eigenvalue weighted by Crippen LogP contribution is -2.38. The standard InChI is InChI=1S/C14H18Br2N4O2/c1-8-5-9(7-19(8)13(21)22-14(2,3)4)20-12(16)10(6-17)11(15)18-20/h8-9H,5,7H2,1-4H3/t8-,9+/m1/s1. The Morgan fingerprint density at radius 2 is 2.09 bits per heavy atom. The maximum atomic E-state index is 12.3. The van der Waals surface area contributed by atoms with Crippen LogP contribution in [0.15, 0.2) is 9.21 Å². The summed E-state index contributed by atoms with van der Waals surface area (Å²) in [6.07, 6.45) is 0.446. The highest BCUT2D eigenvalue weighted by atomic mass is 79.9. The summed E-state index contributed by atoms with van der Waals surface area (Å²) in [6, 6.07) is 2.17. The van der Waals surface area contributed by atoms with E-state index in [1.54, 1.807) is 9.58 Å². The molecule has 0 bridgehead atoms. The van der Waals surface area contributed by atoms with Gasteiger partial charge in [0, 0.05) is 12.6 Å². The number of aromatic nitrogens is 2. The van der Waals surface area contributed by atoms with Crippen LogP contribution in [0.2, 0.25) is 0 Å². The lowest BCUT2D eigenvalue weighted by atomic mass is 10.2. The van der Waals surface area contributed by atoms with Crippen molar-refractivity contribution in [3.8, 4) is 6.07 Å². The monoisotopic (exact) mass is 432 g/mol. The Bertz CT molecular complexity index is 630. The summed E-state index contributed by atoms with van der Waals surface area (Å²) in [5.41, 5.74) is -0.0542. The van der Waals surface area contributed by atoms with Crippen molar-refractivity contribution in [2.75, 3.05) is 6.54 Å². The fourth-order valence-corrected chi connectivity index (χ4v) is 3.84. The predicted octanol–water partition coefficient (Wildman–Crippen LogP) is 3.85.